The van der Waals surface area contributed by atoms with Crippen molar-refractivity contribution in [3.05, 3.63) is 242 Å². The van der Waals surface area contributed by atoms with Gasteiger partial charge in [-0.1, -0.05) is 172 Å². The van der Waals surface area contributed by atoms with E-state index in [9.17, 15) is 0 Å². The molecular formula is C61H44N2. The van der Waals surface area contributed by atoms with Crippen molar-refractivity contribution >= 4 is 49.6 Å². The lowest BCUT2D eigenvalue weighted by Gasteiger charge is -2.28. The zero-order valence-corrected chi connectivity index (χ0v) is 35.3. The number of fused-ring (bicyclic) bond motifs is 7. The number of hydrogen-bond donors (Lipinski definition) is 0. The molecule has 0 radical (unpaired) electrons. The zero-order valence-electron chi connectivity index (χ0n) is 35.3. The molecule has 0 atom stereocenters. The summed E-state index contributed by atoms with van der Waals surface area (Å²) in [5.74, 6) is 0. The number of rotatable bonds is 7. The largest absolute Gasteiger partial charge is 0.310 e. The molecule has 1 aromatic heterocycles. The quantitative estimate of drug-likeness (QED) is 0.156. The molecule has 1 aliphatic carbocycles. The molecule has 0 amide bonds. The van der Waals surface area contributed by atoms with Crippen molar-refractivity contribution < 1.29 is 0 Å². The second kappa shape index (κ2) is 14.6. The Kier molecular flexibility index (Phi) is 8.55. The Morgan fingerprint density at radius 3 is 1.51 bits per heavy atom. The van der Waals surface area contributed by atoms with E-state index >= 15 is 0 Å². The fraction of sp³-hybridized carbons (Fsp3) is 0.0492. The van der Waals surface area contributed by atoms with Gasteiger partial charge in [0.2, 0.25) is 0 Å². The molecule has 10 aromatic carbocycles. The third-order valence-electron chi connectivity index (χ3n) is 13.4. The average molecular weight is 805 g/mol. The van der Waals surface area contributed by atoms with E-state index in [1.165, 1.54) is 88.2 Å². The van der Waals surface area contributed by atoms with Crippen molar-refractivity contribution in [1.29, 1.82) is 0 Å². The smallest absolute Gasteiger partial charge is 0.0541 e. The van der Waals surface area contributed by atoms with Gasteiger partial charge in [0, 0.05) is 38.9 Å². The predicted molar refractivity (Wildman–Crippen MR) is 267 cm³/mol. The number of nitrogens with zero attached hydrogens (tertiary/aromatic N) is 2. The van der Waals surface area contributed by atoms with Gasteiger partial charge >= 0.3 is 0 Å². The first-order valence-corrected chi connectivity index (χ1v) is 21.9. The van der Waals surface area contributed by atoms with Crippen molar-refractivity contribution in [3.63, 3.8) is 0 Å². The molecule has 2 heteroatoms. The lowest BCUT2D eigenvalue weighted by molar-refractivity contribution is 0.660. The van der Waals surface area contributed by atoms with Gasteiger partial charge in [0.05, 0.1) is 11.0 Å². The monoisotopic (exact) mass is 804 g/mol. The highest BCUT2D eigenvalue weighted by atomic mass is 15.1. The molecule has 0 aliphatic heterocycles. The van der Waals surface area contributed by atoms with Gasteiger partial charge in [-0.25, -0.2) is 0 Å². The number of hydrogen-bond acceptors (Lipinski definition) is 1. The van der Waals surface area contributed by atoms with Crippen molar-refractivity contribution in [1.82, 2.24) is 4.57 Å². The molecule has 0 saturated heterocycles. The Labute approximate surface area is 368 Å². The van der Waals surface area contributed by atoms with Crippen LogP contribution in [0.5, 0.6) is 0 Å². The van der Waals surface area contributed by atoms with E-state index in [0.29, 0.717) is 0 Å². The summed E-state index contributed by atoms with van der Waals surface area (Å²) in [4.78, 5) is 2.42. The standard InChI is InChI=1S/C61H44N2/c1-61(2)57-23-12-11-21-53(57)54-35-34-50(40-58(54)61)62(47-28-24-44(25-29-47)52-22-13-19-43-18-9-10-20-51(43)52)48-30-32-49(33-31-48)63-59-36-26-45(41-14-5-3-6-15-41)38-55(59)56-39-46(27-37-60(56)63)42-16-7-4-8-17-42/h3-40H,1-2H3. The van der Waals surface area contributed by atoms with E-state index in [2.05, 4.69) is 254 Å². The highest BCUT2D eigenvalue weighted by molar-refractivity contribution is 6.11. The molecule has 11 aromatic rings. The summed E-state index contributed by atoms with van der Waals surface area (Å²) >= 11 is 0. The first-order chi connectivity index (χ1) is 31.0. The maximum absolute atomic E-state index is 2.43. The summed E-state index contributed by atoms with van der Waals surface area (Å²) in [7, 11) is 0. The molecule has 12 rings (SSSR count). The summed E-state index contributed by atoms with van der Waals surface area (Å²) in [6, 6.07) is 84.6. The number of anilines is 3. The fourth-order valence-corrected chi connectivity index (χ4v) is 10.2. The molecule has 298 valence electrons. The summed E-state index contributed by atoms with van der Waals surface area (Å²) in [5, 5.41) is 4.99. The molecule has 1 aliphatic rings. The third-order valence-corrected chi connectivity index (χ3v) is 13.4. The van der Waals surface area contributed by atoms with Crippen LogP contribution in [0.3, 0.4) is 0 Å². The van der Waals surface area contributed by atoms with E-state index < -0.39 is 0 Å². The molecule has 2 nitrogen and oxygen atoms in total. The van der Waals surface area contributed by atoms with Gasteiger partial charge < -0.3 is 9.47 Å². The average Bonchev–Trinajstić information content (AvgIpc) is 3.79. The molecular weight excluding hydrogens is 761 g/mol. The summed E-state index contributed by atoms with van der Waals surface area (Å²) in [5.41, 5.74) is 19.4. The molecule has 0 spiro atoms. The number of aromatic nitrogens is 1. The predicted octanol–water partition coefficient (Wildman–Crippen LogP) is 16.7. The lowest BCUT2D eigenvalue weighted by Crippen LogP contribution is -2.16. The second-order valence-corrected chi connectivity index (χ2v) is 17.4. The third kappa shape index (κ3) is 6.09. The van der Waals surface area contributed by atoms with Crippen molar-refractivity contribution in [3.8, 4) is 50.2 Å². The van der Waals surface area contributed by atoms with Crippen molar-refractivity contribution in [2.24, 2.45) is 0 Å². The van der Waals surface area contributed by atoms with Crippen LogP contribution in [-0.2, 0) is 5.41 Å². The molecule has 1 heterocycles. The first-order valence-electron chi connectivity index (χ1n) is 21.9. The minimum absolute atomic E-state index is 0.118. The van der Waals surface area contributed by atoms with Crippen molar-refractivity contribution in [2.75, 3.05) is 4.90 Å². The van der Waals surface area contributed by atoms with Gasteiger partial charge in [-0.15, -0.1) is 0 Å². The molecule has 0 unspecified atom stereocenters. The maximum atomic E-state index is 2.43. The van der Waals surface area contributed by atoms with Crippen LogP contribution in [0.4, 0.5) is 17.1 Å². The van der Waals surface area contributed by atoms with Crippen LogP contribution in [0.2, 0.25) is 0 Å². The minimum Gasteiger partial charge on any atom is -0.310 e. The normalized spacial score (nSPS) is 12.7. The van der Waals surface area contributed by atoms with Gasteiger partial charge in [0.1, 0.15) is 0 Å². The van der Waals surface area contributed by atoms with Crippen LogP contribution < -0.4 is 4.90 Å². The SMILES string of the molecule is CC1(C)c2ccccc2-c2ccc(N(c3ccc(-c4cccc5ccccc45)cc3)c3ccc(-n4c5ccc(-c6ccccc6)cc5c5cc(-c6ccccc6)ccc54)cc3)cc21. The Hall–Kier alpha value is -7.94. The van der Waals surface area contributed by atoms with Crippen molar-refractivity contribution in [2.45, 2.75) is 19.3 Å². The Morgan fingerprint density at radius 1 is 0.333 bits per heavy atom. The van der Waals surface area contributed by atoms with Crippen LogP contribution in [0.1, 0.15) is 25.0 Å². The molecule has 0 fully saturated rings. The fourth-order valence-electron chi connectivity index (χ4n) is 10.2. The first kappa shape index (κ1) is 36.9. The van der Waals surface area contributed by atoms with E-state index in [1.54, 1.807) is 0 Å². The van der Waals surface area contributed by atoms with Gasteiger partial charge in [-0.05, 0) is 139 Å². The second-order valence-electron chi connectivity index (χ2n) is 17.4. The van der Waals surface area contributed by atoms with E-state index in [4.69, 9.17) is 0 Å². The molecule has 0 N–H and O–H groups in total. The topological polar surface area (TPSA) is 8.17 Å². The van der Waals surface area contributed by atoms with Crippen LogP contribution >= 0.6 is 0 Å². The van der Waals surface area contributed by atoms with Crippen LogP contribution in [-0.4, -0.2) is 4.57 Å². The molecule has 0 bridgehead atoms. The Bertz CT molecular complexity index is 3400. The number of benzene rings is 10. The van der Waals surface area contributed by atoms with E-state index in [0.717, 1.165) is 22.7 Å². The van der Waals surface area contributed by atoms with Gasteiger partial charge in [-0.3, -0.25) is 0 Å². The zero-order chi connectivity index (χ0) is 42.1. The maximum Gasteiger partial charge on any atom is 0.0541 e. The van der Waals surface area contributed by atoms with E-state index in [1.807, 2.05) is 0 Å². The molecule has 0 saturated carbocycles. The van der Waals surface area contributed by atoms with Gasteiger partial charge in [-0.2, -0.15) is 0 Å². The highest BCUT2D eigenvalue weighted by Gasteiger charge is 2.35. The Morgan fingerprint density at radius 2 is 0.841 bits per heavy atom. The summed E-state index contributed by atoms with van der Waals surface area (Å²) in [6.07, 6.45) is 0. The lowest BCUT2D eigenvalue weighted by atomic mass is 9.82. The highest BCUT2D eigenvalue weighted by Crippen LogP contribution is 2.51. The van der Waals surface area contributed by atoms with Gasteiger partial charge in [0.25, 0.3) is 0 Å². The summed E-state index contributed by atoms with van der Waals surface area (Å²) in [6.45, 7) is 4.72. The van der Waals surface area contributed by atoms with Crippen LogP contribution in [0.25, 0.3) is 82.8 Å². The minimum atomic E-state index is -0.118. The Balaban J connectivity index is 0.998. The van der Waals surface area contributed by atoms with E-state index in [-0.39, 0.29) is 5.41 Å². The van der Waals surface area contributed by atoms with Crippen LogP contribution in [0, 0.1) is 0 Å². The van der Waals surface area contributed by atoms with Gasteiger partial charge in [0.15, 0.2) is 0 Å². The summed E-state index contributed by atoms with van der Waals surface area (Å²) < 4.78 is 2.43. The molecule has 63 heavy (non-hydrogen) atoms. The van der Waals surface area contributed by atoms with Crippen LogP contribution in [0.15, 0.2) is 231 Å².